The van der Waals surface area contributed by atoms with Crippen LogP contribution in [-0.2, 0) is 4.74 Å². The monoisotopic (exact) mass is 263 g/mol. The Morgan fingerprint density at radius 1 is 1.37 bits per heavy atom. The molecule has 1 saturated heterocycles. The molecule has 2 heterocycles. The molecule has 1 aliphatic carbocycles. The van der Waals surface area contributed by atoms with Crippen molar-refractivity contribution in [2.75, 3.05) is 36.5 Å². The van der Waals surface area contributed by atoms with E-state index in [1.165, 1.54) is 0 Å². The minimum atomic E-state index is -0.992. The molecule has 2 aliphatic rings. The molecule has 1 saturated carbocycles. The van der Waals surface area contributed by atoms with E-state index in [9.17, 15) is 4.79 Å². The highest BCUT2D eigenvalue weighted by atomic mass is 16.5. The van der Waals surface area contributed by atoms with Crippen molar-refractivity contribution < 1.29 is 14.6 Å². The van der Waals surface area contributed by atoms with E-state index < -0.39 is 5.97 Å². The molecule has 0 bridgehead atoms. The number of rotatable bonds is 4. The van der Waals surface area contributed by atoms with Gasteiger partial charge in [0, 0.05) is 30.9 Å². The quantitative estimate of drug-likeness (QED) is 0.850. The van der Waals surface area contributed by atoms with Crippen molar-refractivity contribution >= 4 is 17.5 Å². The van der Waals surface area contributed by atoms with Gasteiger partial charge in [0.1, 0.15) is 5.82 Å². The maximum absolute atomic E-state index is 11.2. The SMILES string of the molecule is O=C(O)c1cc(NC2CC2)cc(N2CCOCC2)n1. The third kappa shape index (κ3) is 2.96. The van der Waals surface area contributed by atoms with E-state index in [1.807, 2.05) is 6.07 Å². The molecule has 2 N–H and O–H groups in total. The van der Waals surface area contributed by atoms with Crippen molar-refractivity contribution in [3.05, 3.63) is 17.8 Å². The number of morpholine rings is 1. The van der Waals surface area contributed by atoms with Gasteiger partial charge >= 0.3 is 5.97 Å². The third-order valence-corrected chi connectivity index (χ3v) is 3.31. The van der Waals surface area contributed by atoms with Gasteiger partial charge in [-0.05, 0) is 18.9 Å². The second kappa shape index (κ2) is 5.05. The van der Waals surface area contributed by atoms with Crippen LogP contribution in [0.4, 0.5) is 11.5 Å². The first-order valence-corrected chi connectivity index (χ1v) is 6.57. The van der Waals surface area contributed by atoms with E-state index in [4.69, 9.17) is 9.84 Å². The summed E-state index contributed by atoms with van der Waals surface area (Å²) in [6, 6.07) is 4.02. The van der Waals surface area contributed by atoms with Crippen molar-refractivity contribution in [2.24, 2.45) is 0 Å². The van der Waals surface area contributed by atoms with Crippen LogP contribution in [0.5, 0.6) is 0 Å². The Kier molecular flexibility index (Phi) is 3.25. The minimum absolute atomic E-state index is 0.0899. The fourth-order valence-corrected chi connectivity index (χ4v) is 2.13. The number of hydrogen-bond acceptors (Lipinski definition) is 5. The van der Waals surface area contributed by atoms with Gasteiger partial charge in [-0.3, -0.25) is 0 Å². The number of nitrogens with one attached hydrogen (secondary N) is 1. The molecule has 102 valence electrons. The Bertz CT molecular complexity index is 482. The normalized spacial score (nSPS) is 19.3. The average molecular weight is 263 g/mol. The molecule has 1 aromatic heterocycles. The summed E-state index contributed by atoms with van der Waals surface area (Å²) in [6.07, 6.45) is 2.30. The van der Waals surface area contributed by atoms with Crippen LogP contribution in [0.25, 0.3) is 0 Å². The summed E-state index contributed by atoms with van der Waals surface area (Å²) < 4.78 is 5.30. The fourth-order valence-electron chi connectivity index (χ4n) is 2.13. The van der Waals surface area contributed by atoms with Gasteiger partial charge in [-0.25, -0.2) is 9.78 Å². The van der Waals surface area contributed by atoms with E-state index in [2.05, 4.69) is 15.2 Å². The summed E-state index contributed by atoms with van der Waals surface area (Å²) in [4.78, 5) is 17.4. The molecule has 6 nitrogen and oxygen atoms in total. The second-order valence-corrected chi connectivity index (χ2v) is 4.92. The van der Waals surface area contributed by atoms with Gasteiger partial charge in [0.25, 0.3) is 0 Å². The molecule has 6 heteroatoms. The summed E-state index contributed by atoms with van der Waals surface area (Å²) in [5, 5.41) is 12.5. The maximum atomic E-state index is 11.2. The van der Waals surface area contributed by atoms with Crippen molar-refractivity contribution in [1.82, 2.24) is 4.98 Å². The van der Waals surface area contributed by atoms with Gasteiger partial charge < -0.3 is 20.1 Å². The lowest BCUT2D eigenvalue weighted by molar-refractivity contribution is 0.0690. The number of ether oxygens (including phenoxy) is 1. The predicted octanol–water partition coefficient (Wildman–Crippen LogP) is 1.19. The smallest absolute Gasteiger partial charge is 0.354 e. The molecule has 0 aromatic carbocycles. The topological polar surface area (TPSA) is 74.7 Å². The van der Waals surface area contributed by atoms with Crippen molar-refractivity contribution in [3.63, 3.8) is 0 Å². The summed E-state index contributed by atoms with van der Waals surface area (Å²) >= 11 is 0. The Morgan fingerprint density at radius 3 is 2.74 bits per heavy atom. The molecule has 0 unspecified atom stereocenters. The second-order valence-electron chi connectivity index (χ2n) is 4.92. The van der Waals surface area contributed by atoms with Gasteiger partial charge in [0.05, 0.1) is 13.2 Å². The third-order valence-electron chi connectivity index (χ3n) is 3.31. The Balaban J connectivity index is 1.87. The van der Waals surface area contributed by atoms with Crippen LogP contribution in [-0.4, -0.2) is 48.4 Å². The number of carboxylic acid groups (broad SMARTS) is 1. The van der Waals surface area contributed by atoms with Crippen LogP contribution in [0, 0.1) is 0 Å². The number of anilines is 2. The van der Waals surface area contributed by atoms with Crippen molar-refractivity contribution in [1.29, 1.82) is 0 Å². The molecule has 0 amide bonds. The van der Waals surface area contributed by atoms with Crippen LogP contribution < -0.4 is 10.2 Å². The molecular weight excluding hydrogens is 246 g/mol. The van der Waals surface area contributed by atoms with Crippen LogP contribution in [0.3, 0.4) is 0 Å². The zero-order valence-corrected chi connectivity index (χ0v) is 10.6. The minimum Gasteiger partial charge on any atom is -0.477 e. The molecule has 0 atom stereocenters. The zero-order chi connectivity index (χ0) is 13.2. The zero-order valence-electron chi connectivity index (χ0n) is 10.6. The first kappa shape index (κ1) is 12.2. The predicted molar refractivity (Wildman–Crippen MR) is 70.9 cm³/mol. The molecule has 0 radical (unpaired) electrons. The largest absolute Gasteiger partial charge is 0.477 e. The van der Waals surface area contributed by atoms with E-state index in [0.29, 0.717) is 25.1 Å². The Hall–Kier alpha value is -1.82. The average Bonchev–Trinajstić information content (AvgIpc) is 3.23. The van der Waals surface area contributed by atoms with Gasteiger partial charge in [-0.2, -0.15) is 0 Å². The van der Waals surface area contributed by atoms with Crippen molar-refractivity contribution in [3.8, 4) is 0 Å². The van der Waals surface area contributed by atoms with Gasteiger partial charge in [-0.15, -0.1) is 0 Å². The highest BCUT2D eigenvalue weighted by molar-refractivity contribution is 5.87. The summed E-state index contributed by atoms with van der Waals surface area (Å²) in [7, 11) is 0. The van der Waals surface area contributed by atoms with Crippen LogP contribution in [0.2, 0.25) is 0 Å². The highest BCUT2D eigenvalue weighted by Crippen LogP contribution is 2.27. The van der Waals surface area contributed by atoms with Crippen LogP contribution >= 0.6 is 0 Å². The molecule has 3 rings (SSSR count). The standard InChI is InChI=1S/C13H17N3O3/c17-13(18)11-7-10(14-9-1-2-9)8-12(15-11)16-3-5-19-6-4-16/h7-9H,1-6H2,(H,14,15)(H,17,18). The number of hydrogen-bond donors (Lipinski definition) is 2. The van der Waals surface area contributed by atoms with Gasteiger partial charge in [0.15, 0.2) is 5.69 Å². The van der Waals surface area contributed by atoms with Gasteiger partial charge in [0.2, 0.25) is 0 Å². The van der Waals surface area contributed by atoms with E-state index in [1.54, 1.807) is 6.07 Å². The molecule has 1 aliphatic heterocycles. The van der Waals surface area contributed by atoms with E-state index in [-0.39, 0.29) is 5.69 Å². The number of carboxylic acids is 1. The lowest BCUT2D eigenvalue weighted by atomic mass is 10.2. The lowest BCUT2D eigenvalue weighted by Gasteiger charge is -2.28. The number of pyridine rings is 1. The maximum Gasteiger partial charge on any atom is 0.354 e. The summed E-state index contributed by atoms with van der Waals surface area (Å²) in [5.74, 6) is -0.277. The Morgan fingerprint density at radius 2 is 2.11 bits per heavy atom. The van der Waals surface area contributed by atoms with Gasteiger partial charge in [-0.1, -0.05) is 0 Å². The highest BCUT2D eigenvalue weighted by Gasteiger charge is 2.22. The summed E-state index contributed by atoms with van der Waals surface area (Å²) in [5.41, 5.74) is 0.934. The fraction of sp³-hybridized carbons (Fsp3) is 0.538. The molecule has 1 aromatic rings. The number of nitrogens with zero attached hydrogens (tertiary/aromatic N) is 2. The van der Waals surface area contributed by atoms with Crippen LogP contribution in [0.1, 0.15) is 23.3 Å². The molecule has 2 fully saturated rings. The lowest BCUT2D eigenvalue weighted by Crippen LogP contribution is -2.37. The van der Waals surface area contributed by atoms with E-state index >= 15 is 0 Å². The first-order valence-electron chi connectivity index (χ1n) is 6.57. The Labute approximate surface area is 111 Å². The van der Waals surface area contributed by atoms with E-state index in [0.717, 1.165) is 31.6 Å². The number of aromatic carboxylic acids is 1. The first-order chi connectivity index (χ1) is 9.22. The number of aromatic nitrogens is 1. The van der Waals surface area contributed by atoms with Crippen molar-refractivity contribution in [2.45, 2.75) is 18.9 Å². The molecule has 0 spiro atoms. The van der Waals surface area contributed by atoms with Crippen LogP contribution in [0.15, 0.2) is 12.1 Å². The summed E-state index contributed by atoms with van der Waals surface area (Å²) in [6.45, 7) is 2.81. The molecular formula is C13H17N3O3. The number of carbonyl (C=O) groups is 1. The molecule has 19 heavy (non-hydrogen) atoms.